The van der Waals surface area contributed by atoms with Crippen molar-refractivity contribution in [2.75, 3.05) is 11.4 Å². The van der Waals surface area contributed by atoms with Crippen LogP contribution < -0.4 is 4.90 Å². The van der Waals surface area contributed by atoms with Gasteiger partial charge in [-0.2, -0.15) is 4.31 Å². The number of nitrogens with zero attached hydrogens (tertiary/aromatic N) is 3. The van der Waals surface area contributed by atoms with Crippen molar-refractivity contribution in [3.63, 3.8) is 0 Å². The number of anilines is 1. The molecule has 166 valence electrons. The van der Waals surface area contributed by atoms with Gasteiger partial charge in [0.2, 0.25) is 10.0 Å². The van der Waals surface area contributed by atoms with Gasteiger partial charge in [-0.05, 0) is 50.7 Å². The Morgan fingerprint density at radius 3 is 2.74 bits per heavy atom. The number of aromatic nitrogens is 2. The lowest BCUT2D eigenvalue weighted by atomic mass is 9.93. The summed E-state index contributed by atoms with van der Waals surface area (Å²) in [5, 5.41) is -0.439. The Kier molecular flexibility index (Phi) is 6.62. The van der Waals surface area contributed by atoms with E-state index in [9.17, 15) is 8.42 Å². The maximum atomic E-state index is 13.2. The smallest absolute Gasteiger partial charge is 0.216 e. The Hall–Kier alpha value is -2.38. The Labute approximate surface area is 185 Å². The topological polar surface area (TPSA) is 69.3 Å². The van der Waals surface area contributed by atoms with E-state index in [4.69, 9.17) is 0 Å². The van der Waals surface area contributed by atoms with E-state index in [2.05, 4.69) is 51.3 Å². The van der Waals surface area contributed by atoms with E-state index in [-0.39, 0.29) is 6.04 Å². The summed E-state index contributed by atoms with van der Waals surface area (Å²) in [7, 11) is -3.37. The average molecular weight is 441 g/mol. The molecule has 1 N–H and O–H groups in total. The normalized spacial score (nSPS) is 22.0. The summed E-state index contributed by atoms with van der Waals surface area (Å²) in [5.74, 6) is 0.507. The fraction of sp³-hybridized carbons (Fsp3) is 0.458. The third kappa shape index (κ3) is 4.93. The van der Waals surface area contributed by atoms with Crippen molar-refractivity contribution in [3.05, 3.63) is 72.4 Å². The highest BCUT2D eigenvalue weighted by molar-refractivity contribution is 7.89. The van der Waals surface area contributed by atoms with E-state index in [1.54, 1.807) is 24.5 Å². The predicted octanol–water partition coefficient (Wildman–Crippen LogP) is 4.25. The Morgan fingerprint density at radius 2 is 2.03 bits per heavy atom. The van der Waals surface area contributed by atoms with Crippen molar-refractivity contribution in [2.24, 2.45) is 5.92 Å². The van der Waals surface area contributed by atoms with Gasteiger partial charge in [0.25, 0.3) is 0 Å². The van der Waals surface area contributed by atoms with Gasteiger partial charge in [-0.25, -0.2) is 13.4 Å². The standard InChI is InChI=1S/C24H32N4O2S/c1-19(2)31(29,30)27-15-21-10-6-7-11-24(21)28(16-22-14-25-18-26-22)23(17-27)13-12-20-8-4-3-5-9-20/h3-8,10-11,14,18-20,23H,9,12-13,15-17H2,1-2H3,(H,25,26). The molecule has 0 radical (unpaired) electrons. The van der Waals surface area contributed by atoms with Gasteiger partial charge in [0.05, 0.1) is 23.8 Å². The van der Waals surface area contributed by atoms with Gasteiger partial charge < -0.3 is 9.88 Å². The van der Waals surface area contributed by atoms with Gasteiger partial charge in [0, 0.05) is 31.0 Å². The largest absolute Gasteiger partial charge is 0.361 e. The summed E-state index contributed by atoms with van der Waals surface area (Å²) >= 11 is 0. The van der Waals surface area contributed by atoms with Crippen LogP contribution in [0.1, 0.15) is 44.4 Å². The van der Waals surface area contributed by atoms with Crippen molar-refractivity contribution in [2.45, 2.75) is 57.5 Å². The highest BCUT2D eigenvalue weighted by Crippen LogP contribution is 2.33. The second-order valence-electron chi connectivity index (χ2n) is 8.76. The second kappa shape index (κ2) is 9.40. The fourth-order valence-electron chi connectivity index (χ4n) is 4.47. The number of hydrogen-bond donors (Lipinski definition) is 1. The van der Waals surface area contributed by atoms with Crippen LogP contribution in [-0.4, -0.2) is 40.5 Å². The minimum Gasteiger partial charge on any atom is -0.361 e. The summed E-state index contributed by atoms with van der Waals surface area (Å²) < 4.78 is 28.1. The van der Waals surface area contributed by atoms with Gasteiger partial charge in [-0.3, -0.25) is 0 Å². The Balaban J connectivity index is 1.68. The van der Waals surface area contributed by atoms with Crippen molar-refractivity contribution >= 4 is 15.7 Å². The first-order valence-electron chi connectivity index (χ1n) is 11.1. The Morgan fingerprint density at radius 1 is 1.19 bits per heavy atom. The van der Waals surface area contributed by atoms with Crippen molar-refractivity contribution in [1.82, 2.24) is 14.3 Å². The molecule has 2 atom stereocenters. The summed E-state index contributed by atoms with van der Waals surface area (Å²) in [6.07, 6.45) is 15.3. The maximum Gasteiger partial charge on any atom is 0.216 e. The molecule has 1 aromatic heterocycles. The average Bonchev–Trinajstić information content (AvgIpc) is 3.23. The lowest BCUT2D eigenvalue weighted by Gasteiger charge is -2.35. The molecule has 2 heterocycles. The molecule has 2 aliphatic rings. The predicted molar refractivity (Wildman–Crippen MR) is 125 cm³/mol. The summed E-state index contributed by atoms with van der Waals surface area (Å²) in [5.41, 5.74) is 3.19. The van der Waals surface area contributed by atoms with E-state index < -0.39 is 15.3 Å². The molecule has 0 spiro atoms. The molecule has 1 aliphatic carbocycles. The number of rotatable bonds is 7. The highest BCUT2D eigenvalue weighted by Gasteiger charge is 2.35. The van der Waals surface area contributed by atoms with Crippen molar-refractivity contribution in [3.8, 4) is 0 Å². The molecular formula is C24H32N4O2S. The number of aromatic amines is 1. The zero-order valence-corrected chi connectivity index (χ0v) is 19.1. The van der Waals surface area contributed by atoms with Crippen LogP contribution in [0.3, 0.4) is 0 Å². The highest BCUT2D eigenvalue weighted by atomic mass is 32.2. The number of benzene rings is 1. The molecule has 4 rings (SSSR count). The van der Waals surface area contributed by atoms with Crippen LogP contribution in [0.25, 0.3) is 0 Å². The zero-order chi connectivity index (χ0) is 21.8. The van der Waals surface area contributed by atoms with Crippen LogP contribution in [0.15, 0.2) is 61.1 Å². The molecule has 31 heavy (non-hydrogen) atoms. The number of fused-ring (bicyclic) bond motifs is 1. The molecule has 6 nitrogen and oxygen atoms in total. The molecule has 0 saturated carbocycles. The van der Waals surface area contributed by atoms with Crippen LogP contribution in [0.5, 0.6) is 0 Å². The summed E-state index contributed by atoms with van der Waals surface area (Å²) in [6.45, 7) is 5.12. The second-order valence-corrected chi connectivity index (χ2v) is 11.2. The lowest BCUT2D eigenvalue weighted by Crippen LogP contribution is -2.45. The van der Waals surface area contributed by atoms with Crippen molar-refractivity contribution < 1.29 is 8.42 Å². The number of imidazole rings is 1. The molecule has 1 aliphatic heterocycles. The molecule has 0 fully saturated rings. The number of H-pyrrole nitrogens is 1. The number of hydrogen-bond acceptors (Lipinski definition) is 4. The first-order chi connectivity index (χ1) is 14.9. The lowest BCUT2D eigenvalue weighted by molar-refractivity contribution is 0.355. The van der Waals surface area contributed by atoms with E-state index in [0.29, 0.717) is 25.6 Å². The summed E-state index contributed by atoms with van der Waals surface area (Å²) in [4.78, 5) is 9.78. The number of nitrogens with one attached hydrogen (secondary N) is 1. The Bertz CT molecular complexity index is 1030. The van der Waals surface area contributed by atoms with Gasteiger partial charge >= 0.3 is 0 Å². The van der Waals surface area contributed by atoms with E-state index in [0.717, 1.165) is 36.2 Å². The van der Waals surface area contributed by atoms with E-state index in [1.807, 2.05) is 18.3 Å². The maximum absolute atomic E-state index is 13.2. The van der Waals surface area contributed by atoms with Gasteiger partial charge in [0.15, 0.2) is 0 Å². The van der Waals surface area contributed by atoms with Gasteiger partial charge in [0.1, 0.15) is 0 Å². The first kappa shape index (κ1) is 21.8. The third-order valence-corrected chi connectivity index (χ3v) is 8.48. The molecule has 2 unspecified atom stereocenters. The van der Waals surface area contributed by atoms with Crippen LogP contribution in [0.2, 0.25) is 0 Å². The molecular weight excluding hydrogens is 408 g/mol. The van der Waals surface area contributed by atoms with Crippen LogP contribution in [0.4, 0.5) is 5.69 Å². The molecule has 2 aromatic rings. The number of para-hydroxylation sites is 1. The monoisotopic (exact) mass is 440 g/mol. The van der Waals surface area contributed by atoms with Gasteiger partial charge in [-0.15, -0.1) is 0 Å². The van der Waals surface area contributed by atoms with Crippen LogP contribution in [0, 0.1) is 5.92 Å². The quantitative estimate of drug-likeness (QED) is 0.699. The first-order valence-corrected chi connectivity index (χ1v) is 12.6. The summed E-state index contributed by atoms with van der Waals surface area (Å²) in [6, 6.07) is 8.28. The fourth-order valence-corrected chi connectivity index (χ4v) is 5.77. The van der Waals surface area contributed by atoms with E-state index >= 15 is 0 Å². The third-order valence-electron chi connectivity index (χ3n) is 6.29. The minimum atomic E-state index is -3.37. The molecule has 0 amide bonds. The SMILES string of the molecule is CC(C)S(=O)(=O)N1Cc2ccccc2N(Cc2cnc[nH]2)C(CCC2C=CC=CC2)C1. The minimum absolute atomic E-state index is 0.0831. The molecule has 7 heteroatoms. The van der Waals surface area contributed by atoms with E-state index in [1.165, 1.54) is 0 Å². The number of allylic oxidation sites excluding steroid dienone is 4. The zero-order valence-electron chi connectivity index (χ0n) is 18.3. The molecule has 0 saturated heterocycles. The van der Waals surface area contributed by atoms with Crippen LogP contribution in [-0.2, 0) is 23.1 Å². The number of sulfonamides is 1. The molecule has 0 bridgehead atoms. The van der Waals surface area contributed by atoms with Crippen molar-refractivity contribution in [1.29, 1.82) is 0 Å². The van der Waals surface area contributed by atoms with Crippen LogP contribution >= 0.6 is 0 Å². The molecule has 1 aromatic carbocycles. The van der Waals surface area contributed by atoms with Gasteiger partial charge in [-0.1, -0.05) is 42.5 Å².